The maximum atomic E-state index is 2.72. The standard InChI is InChI=1S/C11H27N3Si/c1-5-8-10-14-11(12(4)9-6-2)13(7-3)15-14/h11H,5-10,15H2,1-4H3. The molecule has 4 heteroatoms. The first-order valence-electron chi connectivity index (χ1n) is 6.42. The van der Waals surface area contributed by atoms with E-state index in [1.807, 2.05) is 0 Å². The molecule has 0 bridgehead atoms. The van der Waals surface area contributed by atoms with Gasteiger partial charge in [-0.3, -0.25) is 14.0 Å². The molecule has 3 nitrogen and oxygen atoms in total. The van der Waals surface area contributed by atoms with Gasteiger partial charge in [-0.1, -0.05) is 27.2 Å². The predicted octanol–water partition coefficient (Wildman–Crippen LogP) is 1.05. The van der Waals surface area contributed by atoms with Gasteiger partial charge in [0.15, 0.2) is 9.84 Å². The minimum atomic E-state index is -0.0696. The van der Waals surface area contributed by atoms with Gasteiger partial charge < -0.3 is 0 Å². The van der Waals surface area contributed by atoms with Gasteiger partial charge in [0, 0.05) is 6.54 Å². The van der Waals surface area contributed by atoms with E-state index >= 15 is 0 Å². The molecule has 1 unspecified atom stereocenters. The zero-order chi connectivity index (χ0) is 11.3. The van der Waals surface area contributed by atoms with Crippen molar-refractivity contribution in [1.29, 1.82) is 0 Å². The molecule has 1 heterocycles. The first-order chi connectivity index (χ1) is 7.24. The van der Waals surface area contributed by atoms with Gasteiger partial charge in [-0.25, -0.2) is 0 Å². The zero-order valence-corrected chi connectivity index (χ0v) is 12.3. The molecule has 1 aliphatic rings. The third-order valence-electron chi connectivity index (χ3n) is 3.19. The van der Waals surface area contributed by atoms with Crippen LogP contribution in [-0.2, 0) is 0 Å². The summed E-state index contributed by atoms with van der Waals surface area (Å²) >= 11 is 0. The van der Waals surface area contributed by atoms with Crippen molar-refractivity contribution in [3.63, 3.8) is 0 Å². The summed E-state index contributed by atoms with van der Waals surface area (Å²) < 4.78 is 5.40. The fourth-order valence-corrected chi connectivity index (χ4v) is 4.39. The van der Waals surface area contributed by atoms with Crippen LogP contribution >= 0.6 is 0 Å². The molecule has 1 fully saturated rings. The van der Waals surface area contributed by atoms with Crippen molar-refractivity contribution >= 4 is 9.84 Å². The molecule has 0 amide bonds. The van der Waals surface area contributed by atoms with Crippen molar-refractivity contribution in [2.45, 2.75) is 46.3 Å². The van der Waals surface area contributed by atoms with Gasteiger partial charge in [-0.2, -0.15) is 0 Å². The Hall–Kier alpha value is 0.0969. The molecule has 15 heavy (non-hydrogen) atoms. The number of hydrogen-bond acceptors (Lipinski definition) is 3. The van der Waals surface area contributed by atoms with Gasteiger partial charge in [0.2, 0.25) is 0 Å². The Labute approximate surface area is 97.4 Å². The minimum Gasteiger partial charge on any atom is -0.290 e. The van der Waals surface area contributed by atoms with Gasteiger partial charge in [0.05, 0.1) is 0 Å². The molecule has 0 aliphatic carbocycles. The third kappa shape index (κ3) is 3.28. The average Bonchev–Trinajstić information content (AvgIpc) is 2.17. The first kappa shape index (κ1) is 13.2. The summed E-state index contributed by atoms with van der Waals surface area (Å²) in [6, 6.07) is 0. The second-order valence-electron chi connectivity index (χ2n) is 4.54. The van der Waals surface area contributed by atoms with E-state index in [1.54, 1.807) is 0 Å². The van der Waals surface area contributed by atoms with E-state index < -0.39 is 0 Å². The molecule has 0 aromatic heterocycles. The number of unbranched alkanes of at least 4 members (excludes halogenated alkanes) is 1. The summed E-state index contributed by atoms with van der Waals surface area (Å²) in [4.78, 5) is 2.51. The van der Waals surface area contributed by atoms with Crippen molar-refractivity contribution in [1.82, 2.24) is 14.0 Å². The molecule has 0 aromatic rings. The van der Waals surface area contributed by atoms with E-state index in [4.69, 9.17) is 0 Å². The molecule has 0 spiro atoms. The summed E-state index contributed by atoms with van der Waals surface area (Å²) in [5.41, 5.74) is 0. The molecule has 1 saturated heterocycles. The van der Waals surface area contributed by atoms with E-state index in [2.05, 4.69) is 41.8 Å². The highest BCUT2D eigenvalue weighted by Crippen LogP contribution is 2.19. The first-order valence-corrected chi connectivity index (χ1v) is 7.69. The van der Waals surface area contributed by atoms with Gasteiger partial charge in [-0.05, 0) is 33.0 Å². The van der Waals surface area contributed by atoms with E-state index in [-0.39, 0.29) is 9.84 Å². The molecule has 0 saturated carbocycles. The zero-order valence-electron chi connectivity index (χ0n) is 10.9. The lowest BCUT2D eigenvalue weighted by Crippen LogP contribution is -2.72. The second-order valence-corrected chi connectivity index (χ2v) is 6.45. The molecule has 90 valence electrons. The minimum absolute atomic E-state index is 0.0696. The Morgan fingerprint density at radius 3 is 2.40 bits per heavy atom. The van der Waals surface area contributed by atoms with Crippen LogP contribution in [0, 0.1) is 0 Å². The Balaban J connectivity index is 2.39. The smallest absolute Gasteiger partial charge is 0.177 e. The van der Waals surface area contributed by atoms with Crippen LogP contribution in [0.3, 0.4) is 0 Å². The van der Waals surface area contributed by atoms with Crippen molar-refractivity contribution in [2.75, 3.05) is 26.7 Å². The molecule has 0 aromatic carbocycles. The highest BCUT2D eigenvalue weighted by molar-refractivity contribution is 6.32. The maximum Gasteiger partial charge on any atom is 0.177 e. The molecule has 1 rings (SSSR count). The van der Waals surface area contributed by atoms with Gasteiger partial charge >= 0.3 is 0 Å². The summed E-state index contributed by atoms with van der Waals surface area (Å²) in [5, 5.41) is 0. The highest BCUT2D eigenvalue weighted by atomic mass is 28.2. The van der Waals surface area contributed by atoms with Gasteiger partial charge in [-0.15, -0.1) is 0 Å². The maximum absolute atomic E-state index is 2.72. The number of nitrogens with zero attached hydrogens (tertiary/aromatic N) is 3. The molecule has 1 atom stereocenters. The molecular weight excluding hydrogens is 202 g/mol. The summed E-state index contributed by atoms with van der Waals surface area (Å²) in [5.74, 6) is 0. The predicted molar refractivity (Wildman–Crippen MR) is 69.2 cm³/mol. The van der Waals surface area contributed by atoms with Crippen LogP contribution in [-0.4, -0.2) is 56.8 Å². The Bertz CT molecular complexity index is 175. The summed E-state index contributed by atoms with van der Waals surface area (Å²) in [6.07, 6.45) is 4.57. The van der Waals surface area contributed by atoms with Crippen LogP contribution < -0.4 is 0 Å². The van der Waals surface area contributed by atoms with Gasteiger partial charge in [0.1, 0.15) is 6.29 Å². The normalized spacial score (nSPS) is 25.0. The van der Waals surface area contributed by atoms with Crippen LogP contribution in [0.15, 0.2) is 0 Å². The Kier molecular flexibility index (Phi) is 5.82. The molecule has 0 N–H and O–H groups in total. The lowest BCUT2D eigenvalue weighted by atomic mass is 10.3. The van der Waals surface area contributed by atoms with Crippen LogP contribution in [0.4, 0.5) is 0 Å². The van der Waals surface area contributed by atoms with Crippen LogP contribution in [0.25, 0.3) is 0 Å². The average molecular weight is 229 g/mol. The third-order valence-corrected chi connectivity index (χ3v) is 5.34. The topological polar surface area (TPSA) is 9.72 Å². The lowest BCUT2D eigenvalue weighted by Gasteiger charge is -2.54. The van der Waals surface area contributed by atoms with Crippen molar-refractivity contribution in [2.24, 2.45) is 0 Å². The number of rotatable bonds is 7. The Morgan fingerprint density at radius 2 is 1.87 bits per heavy atom. The Morgan fingerprint density at radius 1 is 1.13 bits per heavy atom. The van der Waals surface area contributed by atoms with Crippen molar-refractivity contribution in [3.05, 3.63) is 0 Å². The lowest BCUT2D eigenvalue weighted by molar-refractivity contribution is -0.0266. The highest BCUT2D eigenvalue weighted by Gasteiger charge is 2.37. The fourth-order valence-electron chi connectivity index (χ4n) is 2.35. The SMILES string of the molecule is CCCCN1[SiH2]N(CC)C1N(C)CCC. The summed E-state index contributed by atoms with van der Waals surface area (Å²) in [7, 11) is 2.20. The van der Waals surface area contributed by atoms with E-state index in [0.717, 1.165) is 0 Å². The second kappa shape index (κ2) is 6.63. The quantitative estimate of drug-likeness (QED) is 0.604. The summed E-state index contributed by atoms with van der Waals surface area (Å²) in [6.45, 7) is 10.6. The molecule has 0 radical (unpaired) electrons. The van der Waals surface area contributed by atoms with Crippen LogP contribution in [0.1, 0.15) is 40.0 Å². The monoisotopic (exact) mass is 229 g/mol. The van der Waals surface area contributed by atoms with Gasteiger partial charge in [0.25, 0.3) is 0 Å². The van der Waals surface area contributed by atoms with Crippen molar-refractivity contribution in [3.8, 4) is 0 Å². The number of hydrogen-bond donors (Lipinski definition) is 0. The van der Waals surface area contributed by atoms with E-state index in [0.29, 0.717) is 6.29 Å². The van der Waals surface area contributed by atoms with Crippen molar-refractivity contribution < 1.29 is 0 Å². The largest absolute Gasteiger partial charge is 0.290 e. The van der Waals surface area contributed by atoms with Crippen LogP contribution in [0.5, 0.6) is 0 Å². The fraction of sp³-hybridized carbons (Fsp3) is 1.00. The van der Waals surface area contributed by atoms with E-state index in [1.165, 1.54) is 38.9 Å². The van der Waals surface area contributed by atoms with E-state index in [9.17, 15) is 0 Å². The molecular formula is C11H27N3Si. The molecule has 1 aliphatic heterocycles. The van der Waals surface area contributed by atoms with Crippen LogP contribution in [0.2, 0.25) is 0 Å².